The minimum atomic E-state index is -3.26. The maximum absolute atomic E-state index is 14.2. The van der Waals surface area contributed by atoms with Gasteiger partial charge in [0.15, 0.2) is 0 Å². The van der Waals surface area contributed by atoms with Crippen LogP contribution in [0.15, 0.2) is 18.2 Å². The highest BCUT2D eigenvalue weighted by molar-refractivity contribution is 5.85. The van der Waals surface area contributed by atoms with Crippen molar-refractivity contribution in [3.63, 3.8) is 0 Å². The van der Waals surface area contributed by atoms with Gasteiger partial charge in [0.05, 0.1) is 0 Å². The monoisotopic (exact) mass is 324 g/mol. The van der Waals surface area contributed by atoms with Crippen molar-refractivity contribution in [3.8, 4) is 0 Å². The fraction of sp³-hybridized carbons (Fsp3) is 0.571. The second-order valence-electron chi connectivity index (χ2n) is 5.11. The number of halogens is 4. The lowest BCUT2D eigenvalue weighted by molar-refractivity contribution is -0.118. The number of aliphatic hydroxyl groups excluding tert-OH is 1. The molecule has 0 radical (unpaired) electrons. The van der Waals surface area contributed by atoms with Crippen LogP contribution in [-0.2, 0) is 0 Å². The number of piperazine rings is 1. The summed E-state index contributed by atoms with van der Waals surface area (Å²) in [5, 5.41) is 12.1. The Morgan fingerprint density at radius 2 is 1.95 bits per heavy atom. The summed E-state index contributed by atoms with van der Waals surface area (Å²) in [5.41, 5.74) is 0.842. The van der Waals surface area contributed by atoms with Gasteiger partial charge in [0, 0.05) is 26.2 Å². The van der Waals surface area contributed by atoms with Gasteiger partial charge in [-0.25, -0.2) is 13.2 Å². The Kier molecular flexibility index (Phi) is 6.46. The quantitative estimate of drug-likeness (QED) is 0.890. The van der Waals surface area contributed by atoms with Crippen LogP contribution in [0.5, 0.6) is 0 Å². The third-order valence-electron chi connectivity index (χ3n) is 3.65. The first-order valence-corrected chi connectivity index (χ1v) is 6.65. The van der Waals surface area contributed by atoms with Gasteiger partial charge in [-0.2, -0.15) is 0 Å². The van der Waals surface area contributed by atoms with Crippen LogP contribution >= 0.6 is 12.4 Å². The Hall–Kier alpha value is -0.820. The topological polar surface area (TPSA) is 35.5 Å². The molecule has 1 aromatic carbocycles. The van der Waals surface area contributed by atoms with Crippen LogP contribution in [0.1, 0.15) is 17.2 Å². The number of nitrogens with zero attached hydrogens (tertiary/aromatic N) is 1. The Balaban J connectivity index is 0.00000220. The summed E-state index contributed by atoms with van der Waals surface area (Å²) >= 11 is 0. The summed E-state index contributed by atoms with van der Waals surface area (Å²) in [6.45, 7) is 2.57. The molecule has 1 aromatic rings. The Morgan fingerprint density at radius 3 is 2.48 bits per heavy atom. The molecule has 0 amide bonds. The molecule has 2 N–H and O–H groups in total. The van der Waals surface area contributed by atoms with Gasteiger partial charge in [0.1, 0.15) is 18.5 Å². The van der Waals surface area contributed by atoms with Crippen molar-refractivity contribution in [2.75, 3.05) is 32.8 Å². The minimum absolute atomic E-state index is 0. The number of rotatable bonds is 4. The van der Waals surface area contributed by atoms with Gasteiger partial charge in [-0.3, -0.25) is 4.90 Å². The Labute approximate surface area is 128 Å². The van der Waals surface area contributed by atoms with Gasteiger partial charge >= 0.3 is 0 Å². The molecular weight excluding hydrogens is 305 g/mol. The van der Waals surface area contributed by atoms with Crippen molar-refractivity contribution in [3.05, 3.63) is 35.1 Å². The van der Waals surface area contributed by atoms with Crippen molar-refractivity contribution in [2.45, 2.75) is 18.9 Å². The molecule has 3 nitrogen and oxygen atoms in total. The highest BCUT2D eigenvalue weighted by Crippen LogP contribution is 2.38. The van der Waals surface area contributed by atoms with Crippen molar-refractivity contribution in [1.29, 1.82) is 0 Å². The van der Waals surface area contributed by atoms with Gasteiger partial charge in [-0.1, -0.05) is 6.07 Å². The van der Waals surface area contributed by atoms with E-state index in [0.717, 1.165) is 0 Å². The molecule has 1 aliphatic heterocycles. The smallest absolute Gasteiger partial charge is 0.289 e. The van der Waals surface area contributed by atoms with E-state index in [0.29, 0.717) is 37.3 Å². The lowest BCUT2D eigenvalue weighted by Gasteiger charge is -2.39. The van der Waals surface area contributed by atoms with Gasteiger partial charge in [0.2, 0.25) is 0 Å². The molecule has 0 bridgehead atoms. The molecule has 7 heteroatoms. The predicted octanol–water partition coefficient (Wildman–Crippen LogP) is 2.13. The number of alkyl halides is 2. The van der Waals surface area contributed by atoms with E-state index in [1.54, 1.807) is 11.8 Å². The largest absolute Gasteiger partial charge is 0.390 e. The Morgan fingerprint density at radius 1 is 1.33 bits per heavy atom. The van der Waals surface area contributed by atoms with E-state index in [2.05, 4.69) is 5.32 Å². The number of nitrogens with one attached hydrogen (secondary N) is 1. The number of hydrogen-bond donors (Lipinski definition) is 2. The van der Waals surface area contributed by atoms with Gasteiger partial charge in [-0.15, -0.1) is 12.4 Å². The number of aryl methyl sites for hydroxylation is 1. The molecule has 0 spiro atoms. The van der Waals surface area contributed by atoms with Gasteiger partial charge in [0.25, 0.3) is 5.92 Å². The number of hydrogen-bond acceptors (Lipinski definition) is 3. The van der Waals surface area contributed by atoms with E-state index in [1.165, 1.54) is 18.2 Å². The zero-order valence-electron chi connectivity index (χ0n) is 11.8. The van der Waals surface area contributed by atoms with Crippen LogP contribution in [0.25, 0.3) is 0 Å². The van der Waals surface area contributed by atoms with Crippen molar-refractivity contribution in [2.24, 2.45) is 0 Å². The standard InChI is InChI=1S/C14H19F3N2O.ClH/c1-10-8-11(15)2-3-12(10)13(14(16,17)9-20)19-6-4-18-5-7-19;/h2-3,8,13,18,20H,4-7,9H2,1H3;1H/t13-;/m0./s1. The molecule has 120 valence electrons. The Bertz CT molecular complexity index is 468. The van der Waals surface area contributed by atoms with Crippen LogP contribution in [0.4, 0.5) is 13.2 Å². The first-order chi connectivity index (χ1) is 9.45. The van der Waals surface area contributed by atoms with Crippen LogP contribution in [-0.4, -0.2) is 48.7 Å². The van der Waals surface area contributed by atoms with Crippen molar-refractivity contribution >= 4 is 12.4 Å². The molecule has 1 saturated heterocycles. The molecule has 1 heterocycles. The fourth-order valence-electron chi connectivity index (χ4n) is 2.66. The average Bonchev–Trinajstić information content (AvgIpc) is 2.43. The summed E-state index contributed by atoms with van der Waals surface area (Å²) in [5.74, 6) is -3.71. The SMILES string of the molecule is Cc1cc(F)ccc1[C@H](N1CCNCC1)C(F)(F)CO.Cl. The molecule has 1 atom stereocenters. The molecule has 0 unspecified atom stereocenters. The fourth-order valence-corrected chi connectivity index (χ4v) is 2.66. The summed E-state index contributed by atoms with van der Waals surface area (Å²) < 4.78 is 41.5. The molecule has 21 heavy (non-hydrogen) atoms. The van der Waals surface area contributed by atoms with E-state index in [1.807, 2.05) is 0 Å². The molecule has 0 aliphatic carbocycles. The summed E-state index contributed by atoms with van der Waals surface area (Å²) in [6, 6.07) is 2.60. The zero-order valence-corrected chi connectivity index (χ0v) is 12.6. The van der Waals surface area contributed by atoms with Crippen LogP contribution in [0.2, 0.25) is 0 Å². The molecule has 0 saturated carbocycles. The van der Waals surface area contributed by atoms with Crippen molar-refractivity contribution < 1.29 is 18.3 Å². The van der Waals surface area contributed by atoms with E-state index >= 15 is 0 Å². The summed E-state index contributed by atoms with van der Waals surface area (Å²) in [7, 11) is 0. The molecular formula is C14H20ClF3N2O. The van der Waals surface area contributed by atoms with Gasteiger partial charge in [-0.05, 0) is 30.2 Å². The van der Waals surface area contributed by atoms with E-state index < -0.39 is 24.4 Å². The van der Waals surface area contributed by atoms with E-state index in [4.69, 9.17) is 5.11 Å². The maximum atomic E-state index is 14.2. The summed E-state index contributed by atoms with van der Waals surface area (Å²) in [4.78, 5) is 1.65. The summed E-state index contributed by atoms with van der Waals surface area (Å²) in [6.07, 6.45) is 0. The first-order valence-electron chi connectivity index (χ1n) is 6.65. The van der Waals surface area contributed by atoms with E-state index in [-0.39, 0.29) is 12.4 Å². The third-order valence-corrected chi connectivity index (χ3v) is 3.65. The maximum Gasteiger partial charge on any atom is 0.289 e. The number of aliphatic hydroxyl groups is 1. The molecule has 2 rings (SSSR count). The lowest BCUT2D eigenvalue weighted by Crippen LogP contribution is -2.51. The first kappa shape index (κ1) is 18.2. The third kappa shape index (κ3) is 4.10. The molecule has 1 aliphatic rings. The second-order valence-corrected chi connectivity index (χ2v) is 5.11. The zero-order chi connectivity index (χ0) is 14.8. The van der Waals surface area contributed by atoms with Crippen LogP contribution in [0, 0.1) is 12.7 Å². The van der Waals surface area contributed by atoms with Crippen molar-refractivity contribution in [1.82, 2.24) is 10.2 Å². The predicted molar refractivity (Wildman–Crippen MR) is 77.6 cm³/mol. The second kappa shape index (κ2) is 7.45. The van der Waals surface area contributed by atoms with Crippen LogP contribution in [0.3, 0.4) is 0 Å². The van der Waals surface area contributed by atoms with E-state index in [9.17, 15) is 13.2 Å². The molecule has 1 fully saturated rings. The number of benzene rings is 1. The highest BCUT2D eigenvalue weighted by Gasteiger charge is 2.44. The van der Waals surface area contributed by atoms with Crippen LogP contribution < -0.4 is 5.32 Å². The normalized spacial score (nSPS) is 18.1. The minimum Gasteiger partial charge on any atom is -0.390 e. The highest BCUT2D eigenvalue weighted by atomic mass is 35.5. The lowest BCUT2D eigenvalue weighted by atomic mass is 9.94. The molecule has 0 aromatic heterocycles. The van der Waals surface area contributed by atoms with Gasteiger partial charge < -0.3 is 10.4 Å². The average molecular weight is 325 g/mol.